The van der Waals surface area contributed by atoms with E-state index in [9.17, 15) is 9.59 Å². The highest BCUT2D eigenvalue weighted by molar-refractivity contribution is 5.94. The number of hydrogen-bond donors (Lipinski definition) is 2. The molecule has 1 aromatic carbocycles. The third-order valence-corrected chi connectivity index (χ3v) is 4.82. The maximum atomic E-state index is 12.8. The molecule has 6 nitrogen and oxygen atoms in total. The van der Waals surface area contributed by atoms with E-state index < -0.39 is 5.91 Å². The fourth-order valence-corrected chi connectivity index (χ4v) is 3.28. The zero-order valence-corrected chi connectivity index (χ0v) is 14.7. The van der Waals surface area contributed by atoms with Crippen molar-refractivity contribution < 1.29 is 9.59 Å². The number of rotatable bonds is 4. The Kier molecular flexibility index (Phi) is 4.88. The summed E-state index contributed by atoms with van der Waals surface area (Å²) >= 11 is 0. The maximum absolute atomic E-state index is 12.8. The van der Waals surface area contributed by atoms with Crippen molar-refractivity contribution in [2.45, 2.75) is 38.5 Å². The van der Waals surface area contributed by atoms with Crippen LogP contribution in [0.25, 0.3) is 0 Å². The minimum atomic E-state index is -0.545. The number of nitrogens with two attached hydrogens (primary N) is 1. The van der Waals surface area contributed by atoms with E-state index in [1.54, 1.807) is 6.07 Å². The Labute approximate surface area is 147 Å². The van der Waals surface area contributed by atoms with Crippen LogP contribution in [0.2, 0.25) is 0 Å². The average molecular weight is 340 g/mol. The number of nitrogens with one attached hydrogen (secondary N) is 1. The predicted molar refractivity (Wildman–Crippen MR) is 95.5 cm³/mol. The van der Waals surface area contributed by atoms with Gasteiger partial charge >= 0.3 is 0 Å². The molecule has 6 heteroatoms. The molecular weight excluding hydrogens is 316 g/mol. The number of carbonyl (C=O) groups excluding carboxylic acids is 2. The second-order valence-electron chi connectivity index (χ2n) is 6.94. The van der Waals surface area contributed by atoms with Gasteiger partial charge in [-0.2, -0.15) is 5.10 Å². The molecular formula is C19H24N4O2. The highest BCUT2D eigenvalue weighted by Gasteiger charge is 2.27. The first-order valence-electron chi connectivity index (χ1n) is 8.70. The molecule has 3 rings (SSSR count). The molecule has 1 aromatic heterocycles. The number of hydrogen-bond acceptors (Lipinski definition) is 3. The SMILES string of the molecule is CC(C)c1ccc(C(=O)N2CCC[C@H](c3cc(C(N)=O)n[nH]3)C2)cc1. The van der Waals surface area contributed by atoms with Crippen LogP contribution < -0.4 is 5.73 Å². The molecule has 1 aliphatic heterocycles. The second kappa shape index (κ2) is 7.09. The molecule has 25 heavy (non-hydrogen) atoms. The first-order valence-corrected chi connectivity index (χ1v) is 8.70. The molecule has 2 heterocycles. The molecule has 0 aliphatic carbocycles. The van der Waals surface area contributed by atoms with E-state index >= 15 is 0 Å². The normalized spacial score (nSPS) is 17.7. The fraction of sp³-hybridized carbons (Fsp3) is 0.421. The van der Waals surface area contributed by atoms with E-state index in [0.717, 1.165) is 25.1 Å². The number of carbonyl (C=O) groups is 2. The van der Waals surface area contributed by atoms with Gasteiger partial charge in [-0.3, -0.25) is 14.7 Å². The Balaban J connectivity index is 1.71. The van der Waals surface area contributed by atoms with Crippen molar-refractivity contribution in [3.63, 3.8) is 0 Å². The highest BCUT2D eigenvalue weighted by atomic mass is 16.2. The lowest BCUT2D eigenvalue weighted by atomic mass is 9.94. The Morgan fingerprint density at radius 3 is 2.60 bits per heavy atom. The van der Waals surface area contributed by atoms with Gasteiger partial charge in [-0.1, -0.05) is 26.0 Å². The average Bonchev–Trinajstić information content (AvgIpc) is 3.12. The van der Waals surface area contributed by atoms with E-state index in [1.807, 2.05) is 29.2 Å². The highest BCUT2D eigenvalue weighted by Crippen LogP contribution is 2.27. The smallest absolute Gasteiger partial charge is 0.269 e. The predicted octanol–water partition coefficient (Wildman–Crippen LogP) is 2.65. The van der Waals surface area contributed by atoms with E-state index in [0.29, 0.717) is 18.0 Å². The van der Waals surface area contributed by atoms with E-state index in [-0.39, 0.29) is 17.5 Å². The van der Waals surface area contributed by atoms with Crippen molar-refractivity contribution in [3.8, 4) is 0 Å². The van der Waals surface area contributed by atoms with Crippen LogP contribution in [-0.4, -0.2) is 40.0 Å². The van der Waals surface area contributed by atoms with Crippen LogP contribution in [0.1, 0.15) is 70.6 Å². The van der Waals surface area contributed by atoms with E-state index in [2.05, 4.69) is 24.0 Å². The van der Waals surface area contributed by atoms with Gasteiger partial charge in [0, 0.05) is 30.3 Å². The summed E-state index contributed by atoms with van der Waals surface area (Å²) in [5, 5.41) is 6.83. The van der Waals surface area contributed by atoms with Crippen molar-refractivity contribution in [1.29, 1.82) is 0 Å². The number of H-pyrrole nitrogens is 1. The van der Waals surface area contributed by atoms with Gasteiger partial charge in [0.1, 0.15) is 5.69 Å². The van der Waals surface area contributed by atoms with Crippen molar-refractivity contribution in [1.82, 2.24) is 15.1 Å². The van der Waals surface area contributed by atoms with Gasteiger partial charge in [-0.15, -0.1) is 0 Å². The Morgan fingerprint density at radius 1 is 1.28 bits per heavy atom. The summed E-state index contributed by atoms with van der Waals surface area (Å²) in [5.74, 6) is 0.0997. The van der Waals surface area contributed by atoms with Crippen LogP contribution in [0.3, 0.4) is 0 Å². The quantitative estimate of drug-likeness (QED) is 0.896. The Morgan fingerprint density at radius 2 is 2.00 bits per heavy atom. The van der Waals surface area contributed by atoms with Gasteiger partial charge in [0.2, 0.25) is 0 Å². The lowest BCUT2D eigenvalue weighted by Gasteiger charge is -2.32. The zero-order chi connectivity index (χ0) is 18.0. The number of benzene rings is 1. The van der Waals surface area contributed by atoms with Gasteiger partial charge in [-0.05, 0) is 42.5 Å². The summed E-state index contributed by atoms with van der Waals surface area (Å²) < 4.78 is 0. The van der Waals surface area contributed by atoms with Crippen molar-refractivity contribution in [2.75, 3.05) is 13.1 Å². The van der Waals surface area contributed by atoms with Crippen LogP contribution in [0, 0.1) is 0 Å². The Bertz CT molecular complexity index is 764. The number of likely N-dealkylation sites (tertiary alicyclic amines) is 1. The largest absolute Gasteiger partial charge is 0.364 e. The van der Waals surface area contributed by atoms with Crippen molar-refractivity contribution in [2.24, 2.45) is 5.73 Å². The van der Waals surface area contributed by atoms with Gasteiger partial charge in [0.05, 0.1) is 0 Å². The van der Waals surface area contributed by atoms with Crippen molar-refractivity contribution >= 4 is 11.8 Å². The number of amides is 2. The minimum Gasteiger partial charge on any atom is -0.364 e. The summed E-state index contributed by atoms with van der Waals surface area (Å²) in [6.07, 6.45) is 1.88. The number of primary amides is 1. The minimum absolute atomic E-state index is 0.0506. The van der Waals surface area contributed by atoms with Crippen LogP contribution in [0.5, 0.6) is 0 Å². The molecule has 0 saturated carbocycles. The summed E-state index contributed by atoms with van der Waals surface area (Å²) in [6.45, 7) is 5.64. The van der Waals surface area contributed by atoms with Crippen LogP contribution >= 0.6 is 0 Å². The second-order valence-corrected chi connectivity index (χ2v) is 6.94. The lowest BCUT2D eigenvalue weighted by Crippen LogP contribution is -2.39. The molecule has 1 saturated heterocycles. The summed E-state index contributed by atoms with van der Waals surface area (Å²) in [7, 11) is 0. The number of nitrogens with zero attached hydrogens (tertiary/aromatic N) is 2. The molecule has 2 aromatic rings. The molecule has 1 aliphatic rings. The van der Waals surface area contributed by atoms with Gasteiger partial charge in [-0.25, -0.2) is 0 Å². The number of piperidine rings is 1. The summed E-state index contributed by atoms with van der Waals surface area (Å²) in [4.78, 5) is 25.9. The molecule has 1 fully saturated rings. The Hall–Kier alpha value is -2.63. The third-order valence-electron chi connectivity index (χ3n) is 4.82. The standard InChI is InChI=1S/C19H24N4O2/c1-12(2)13-5-7-14(8-6-13)19(25)23-9-3-4-15(11-23)16-10-17(18(20)24)22-21-16/h5-8,10,12,15H,3-4,9,11H2,1-2H3,(H2,20,24)(H,21,22)/t15-/m0/s1. The summed E-state index contributed by atoms with van der Waals surface area (Å²) in [6, 6.07) is 9.55. The topological polar surface area (TPSA) is 92.1 Å². The monoisotopic (exact) mass is 340 g/mol. The molecule has 1 atom stereocenters. The molecule has 132 valence electrons. The molecule has 0 radical (unpaired) electrons. The van der Waals surface area contributed by atoms with Crippen LogP contribution in [0.4, 0.5) is 0 Å². The van der Waals surface area contributed by atoms with Crippen LogP contribution in [0.15, 0.2) is 30.3 Å². The van der Waals surface area contributed by atoms with Gasteiger partial charge < -0.3 is 10.6 Å². The van der Waals surface area contributed by atoms with E-state index in [4.69, 9.17) is 5.73 Å². The summed E-state index contributed by atoms with van der Waals surface area (Å²) in [5.41, 5.74) is 8.30. The molecule has 3 N–H and O–H groups in total. The van der Waals surface area contributed by atoms with Gasteiger partial charge in [0.25, 0.3) is 11.8 Å². The lowest BCUT2D eigenvalue weighted by molar-refractivity contribution is 0.0705. The zero-order valence-electron chi connectivity index (χ0n) is 14.7. The van der Waals surface area contributed by atoms with E-state index in [1.165, 1.54) is 5.56 Å². The fourth-order valence-electron chi connectivity index (χ4n) is 3.28. The van der Waals surface area contributed by atoms with Gasteiger partial charge in [0.15, 0.2) is 0 Å². The first kappa shape index (κ1) is 17.2. The van der Waals surface area contributed by atoms with Crippen LogP contribution in [-0.2, 0) is 0 Å². The molecule has 0 spiro atoms. The number of aromatic amines is 1. The van der Waals surface area contributed by atoms with Crippen molar-refractivity contribution in [3.05, 3.63) is 52.8 Å². The maximum Gasteiger partial charge on any atom is 0.269 e. The first-order chi connectivity index (χ1) is 12.0. The molecule has 0 unspecified atom stereocenters. The molecule has 0 bridgehead atoms. The number of aromatic nitrogens is 2. The third kappa shape index (κ3) is 3.73. The molecule has 2 amide bonds.